The maximum absolute atomic E-state index is 13.6. The predicted octanol–water partition coefficient (Wildman–Crippen LogP) is 4.52. The molecule has 0 saturated carbocycles. The van der Waals surface area contributed by atoms with Crippen LogP contribution in [-0.4, -0.2) is 19.7 Å². The number of nitrogens with one attached hydrogen (secondary N) is 1. The summed E-state index contributed by atoms with van der Waals surface area (Å²) in [7, 11) is 0. The van der Waals surface area contributed by atoms with Gasteiger partial charge in [0.1, 0.15) is 11.6 Å². The molecule has 0 aliphatic heterocycles. The van der Waals surface area contributed by atoms with Crippen LogP contribution in [0.1, 0.15) is 16.8 Å². The zero-order valence-corrected chi connectivity index (χ0v) is 18.6. The molecule has 0 saturated heterocycles. The molecule has 4 aromatic rings. The minimum absolute atomic E-state index is 0.00461. The Hall–Kier alpha value is -4.50. The van der Waals surface area contributed by atoms with Crippen molar-refractivity contribution in [3.8, 4) is 28.8 Å². The highest BCUT2D eigenvalue weighted by atomic mass is 35.5. The monoisotopic (exact) mass is 517 g/mol. The summed E-state index contributed by atoms with van der Waals surface area (Å²) in [6.45, 7) is -0.501. The van der Waals surface area contributed by atoms with E-state index in [1.807, 2.05) is 0 Å². The van der Waals surface area contributed by atoms with Gasteiger partial charge in [-0.15, -0.1) is 0 Å². The molecule has 0 unspecified atom stereocenters. The zero-order chi connectivity index (χ0) is 26.0. The van der Waals surface area contributed by atoms with Crippen molar-refractivity contribution >= 4 is 11.6 Å². The summed E-state index contributed by atoms with van der Waals surface area (Å²) in [6.07, 6.45) is -4.43. The van der Waals surface area contributed by atoms with Gasteiger partial charge in [0.2, 0.25) is 5.75 Å². The van der Waals surface area contributed by atoms with E-state index in [0.717, 1.165) is 16.7 Å². The third-order valence-electron chi connectivity index (χ3n) is 4.83. The Bertz CT molecular complexity index is 1630. The van der Waals surface area contributed by atoms with E-state index >= 15 is 0 Å². The third kappa shape index (κ3) is 5.26. The Morgan fingerprint density at radius 3 is 2.61 bits per heavy atom. The summed E-state index contributed by atoms with van der Waals surface area (Å²) in [6, 6.07) is 11.9. The van der Waals surface area contributed by atoms with E-state index < -0.39 is 41.1 Å². The molecule has 0 radical (unpaired) electrons. The molecule has 2 heterocycles. The molecule has 0 spiro atoms. The van der Waals surface area contributed by atoms with E-state index in [1.165, 1.54) is 36.4 Å². The van der Waals surface area contributed by atoms with Crippen molar-refractivity contribution < 1.29 is 22.3 Å². The number of ether oxygens (including phenoxy) is 1. The van der Waals surface area contributed by atoms with Gasteiger partial charge in [-0.3, -0.25) is 14.2 Å². The molecular weight excluding hydrogens is 506 g/mol. The van der Waals surface area contributed by atoms with Crippen molar-refractivity contribution in [1.82, 2.24) is 19.7 Å². The molecule has 0 atom stereocenters. The number of aromatic nitrogens is 4. The fourth-order valence-corrected chi connectivity index (χ4v) is 3.45. The van der Waals surface area contributed by atoms with Crippen molar-refractivity contribution in [3.05, 3.63) is 103 Å². The number of nitriles is 1. The van der Waals surface area contributed by atoms with Crippen LogP contribution in [-0.2, 0) is 12.7 Å². The molecule has 1 N–H and O–H groups in total. The van der Waals surface area contributed by atoms with Crippen LogP contribution < -0.4 is 15.9 Å². The highest BCUT2D eigenvalue weighted by molar-refractivity contribution is 6.30. The van der Waals surface area contributed by atoms with E-state index in [9.17, 15) is 27.2 Å². The lowest BCUT2D eigenvalue weighted by atomic mass is 10.1. The van der Waals surface area contributed by atoms with Gasteiger partial charge in [-0.25, -0.2) is 14.5 Å². The maximum atomic E-state index is 13.6. The predicted molar refractivity (Wildman–Crippen MR) is 119 cm³/mol. The Morgan fingerprint density at radius 2 is 1.92 bits per heavy atom. The first-order chi connectivity index (χ1) is 17.0. The fraction of sp³-hybridized carbons (Fsp3) is 0.0870. The number of aromatic amines is 1. The summed E-state index contributed by atoms with van der Waals surface area (Å²) in [5.41, 5.74) is -3.17. The number of nitrogens with zero attached hydrogens (tertiary/aromatic N) is 4. The van der Waals surface area contributed by atoms with E-state index in [-0.39, 0.29) is 27.6 Å². The molecule has 0 bridgehead atoms. The first kappa shape index (κ1) is 24.6. The summed E-state index contributed by atoms with van der Waals surface area (Å²) < 4.78 is 60.3. The number of H-pyrrole nitrogens is 1. The third-order valence-corrected chi connectivity index (χ3v) is 5.05. The van der Waals surface area contributed by atoms with Gasteiger partial charge in [-0.1, -0.05) is 23.7 Å². The largest absolute Gasteiger partial charge is 0.449 e. The quantitative estimate of drug-likeness (QED) is 0.389. The SMILES string of the molecule is N#Cc1cc(Cl)cc(Oc2c(C(F)(F)F)ncn(Cc3cc(-c4cccc(F)c4)n[nH]c3=O)c2=O)c1. The van der Waals surface area contributed by atoms with Crippen molar-refractivity contribution in [2.24, 2.45) is 0 Å². The lowest BCUT2D eigenvalue weighted by molar-refractivity contribution is -0.142. The van der Waals surface area contributed by atoms with E-state index in [4.69, 9.17) is 21.6 Å². The smallest absolute Gasteiger partial charge is 0.437 e. The Labute approximate surface area is 204 Å². The summed E-state index contributed by atoms with van der Waals surface area (Å²) in [5, 5.41) is 15.1. The summed E-state index contributed by atoms with van der Waals surface area (Å²) >= 11 is 5.88. The normalized spacial score (nSPS) is 11.2. The number of hydrogen-bond acceptors (Lipinski definition) is 6. The van der Waals surface area contributed by atoms with Gasteiger partial charge in [0.15, 0.2) is 5.69 Å². The topological polar surface area (TPSA) is 114 Å². The van der Waals surface area contributed by atoms with Gasteiger partial charge in [0.05, 0.1) is 30.2 Å². The fourth-order valence-electron chi connectivity index (χ4n) is 3.22. The Kier molecular flexibility index (Phi) is 6.59. The number of alkyl halides is 3. The van der Waals surface area contributed by atoms with Crippen molar-refractivity contribution in [3.63, 3.8) is 0 Å². The van der Waals surface area contributed by atoms with Crippen LogP contribution in [0.4, 0.5) is 17.6 Å². The number of halogens is 5. The summed E-state index contributed by atoms with van der Waals surface area (Å²) in [4.78, 5) is 28.7. The minimum Gasteiger partial charge on any atom is -0.449 e. The van der Waals surface area contributed by atoms with Crippen LogP contribution in [0.5, 0.6) is 11.5 Å². The lowest BCUT2D eigenvalue weighted by Gasteiger charge is -2.15. The Balaban J connectivity index is 1.78. The molecular formula is C23H12ClF4N5O3. The van der Waals surface area contributed by atoms with Crippen molar-refractivity contribution in [2.75, 3.05) is 0 Å². The minimum atomic E-state index is -5.05. The van der Waals surface area contributed by atoms with Gasteiger partial charge >= 0.3 is 6.18 Å². The average molecular weight is 518 g/mol. The molecule has 13 heteroatoms. The number of rotatable bonds is 5. The molecule has 182 valence electrons. The molecule has 4 rings (SSSR count). The van der Waals surface area contributed by atoms with Crippen LogP contribution in [0, 0.1) is 17.1 Å². The second kappa shape index (κ2) is 9.63. The van der Waals surface area contributed by atoms with Gasteiger partial charge in [0.25, 0.3) is 11.1 Å². The first-order valence-electron chi connectivity index (χ1n) is 9.95. The summed E-state index contributed by atoms with van der Waals surface area (Å²) in [5.74, 6) is -2.02. The van der Waals surface area contributed by atoms with E-state index in [2.05, 4.69) is 15.2 Å². The van der Waals surface area contributed by atoms with E-state index in [1.54, 1.807) is 6.07 Å². The van der Waals surface area contributed by atoms with Gasteiger partial charge < -0.3 is 4.74 Å². The van der Waals surface area contributed by atoms with Crippen LogP contribution in [0.15, 0.2) is 64.4 Å². The van der Waals surface area contributed by atoms with Gasteiger partial charge in [-0.05, 0) is 36.4 Å². The van der Waals surface area contributed by atoms with Crippen molar-refractivity contribution in [1.29, 1.82) is 5.26 Å². The standard InChI is InChI=1S/C23H12ClF4N5O3/c24-15-4-12(9-29)5-17(8-15)36-19-20(23(26,27)28)30-11-33(22(19)35)10-14-7-18(31-32-21(14)34)13-2-1-3-16(25)6-13/h1-8,11H,10H2,(H,32,34). The van der Waals surface area contributed by atoms with Crippen molar-refractivity contribution in [2.45, 2.75) is 12.7 Å². The molecule has 36 heavy (non-hydrogen) atoms. The molecule has 8 nitrogen and oxygen atoms in total. The highest BCUT2D eigenvalue weighted by Gasteiger charge is 2.38. The maximum Gasteiger partial charge on any atom is 0.437 e. The first-order valence-corrected chi connectivity index (χ1v) is 10.3. The average Bonchev–Trinajstić information content (AvgIpc) is 2.81. The van der Waals surface area contributed by atoms with Crippen LogP contribution in [0.3, 0.4) is 0 Å². The molecule has 0 amide bonds. The highest BCUT2D eigenvalue weighted by Crippen LogP contribution is 2.35. The van der Waals surface area contributed by atoms with Crippen LogP contribution >= 0.6 is 11.6 Å². The lowest BCUT2D eigenvalue weighted by Crippen LogP contribution is -2.28. The second-order valence-corrected chi connectivity index (χ2v) is 7.80. The zero-order valence-electron chi connectivity index (χ0n) is 17.8. The molecule has 2 aromatic carbocycles. The molecule has 0 aliphatic rings. The number of benzene rings is 2. The molecule has 0 fully saturated rings. The van der Waals surface area contributed by atoms with Gasteiger partial charge in [-0.2, -0.15) is 23.5 Å². The Morgan fingerprint density at radius 1 is 1.14 bits per heavy atom. The van der Waals surface area contributed by atoms with Gasteiger partial charge in [0, 0.05) is 16.1 Å². The second-order valence-electron chi connectivity index (χ2n) is 7.36. The van der Waals surface area contributed by atoms with Crippen LogP contribution in [0.25, 0.3) is 11.3 Å². The number of hydrogen-bond donors (Lipinski definition) is 1. The molecule has 0 aliphatic carbocycles. The van der Waals surface area contributed by atoms with Crippen LogP contribution in [0.2, 0.25) is 5.02 Å². The van der Waals surface area contributed by atoms with E-state index in [0.29, 0.717) is 11.9 Å². The molecule has 2 aromatic heterocycles.